The van der Waals surface area contributed by atoms with Gasteiger partial charge in [0.25, 0.3) is 0 Å². The zero-order valence-electron chi connectivity index (χ0n) is 8.01. The van der Waals surface area contributed by atoms with Gasteiger partial charge in [-0.25, -0.2) is 9.97 Å². The summed E-state index contributed by atoms with van der Waals surface area (Å²) < 4.78 is 0. The Labute approximate surface area is 87.2 Å². The third-order valence-electron chi connectivity index (χ3n) is 1.85. The van der Waals surface area contributed by atoms with Gasteiger partial charge in [-0.05, 0) is 18.2 Å². The van der Waals surface area contributed by atoms with Crippen molar-refractivity contribution in [1.29, 1.82) is 0 Å². The van der Waals surface area contributed by atoms with Crippen molar-refractivity contribution in [3.63, 3.8) is 0 Å². The molecule has 5 nitrogen and oxygen atoms in total. The normalized spacial score (nSPS) is 9.87. The molecular formula is C10H11N5. The van der Waals surface area contributed by atoms with Gasteiger partial charge in [0.05, 0.1) is 18.1 Å². The quantitative estimate of drug-likeness (QED) is 0.639. The van der Waals surface area contributed by atoms with Crippen LogP contribution in [0.4, 0.5) is 23.0 Å². The third kappa shape index (κ3) is 2.34. The Morgan fingerprint density at radius 3 is 2.40 bits per heavy atom. The number of benzene rings is 1. The molecule has 0 spiro atoms. The fraction of sp³-hybridized carbons (Fsp3) is 0. The van der Waals surface area contributed by atoms with Crippen molar-refractivity contribution in [2.45, 2.75) is 0 Å². The molecule has 0 radical (unpaired) electrons. The van der Waals surface area contributed by atoms with E-state index >= 15 is 0 Å². The maximum absolute atomic E-state index is 5.65. The van der Waals surface area contributed by atoms with E-state index in [-0.39, 0.29) is 5.95 Å². The SMILES string of the molecule is Nc1cccc(Nc2cnc(N)nc2)c1. The van der Waals surface area contributed by atoms with Gasteiger partial charge in [0.2, 0.25) is 5.95 Å². The average molecular weight is 201 g/mol. The summed E-state index contributed by atoms with van der Waals surface area (Å²) in [5, 5.41) is 3.11. The van der Waals surface area contributed by atoms with E-state index in [4.69, 9.17) is 11.5 Å². The molecule has 0 atom stereocenters. The van der Waals surface area contributed by atoms with Crippen LogP contribution in [0.2, 0.25) is 0 Å². The second kappa shape index (κ2) is 3.83. The van der Waals surface area contributed by atoms with E-state index < -0.39 is 0 Å². The van der Waals surface area contributed by atoms with Crippen molar-refractivity contribution >= 4 is 23.0 Å². The first-order chi connectivity index (χ1) is 7.24. The first kappa shape index (κ1) is 9.26. The summed E-state index contributed by atoms with van der Waals surface area (Å²) in [5.74, 6) is 0.258. The molecule has 2 rings (SSSR count). The topological polar surface area (TPSA) is 89.8 Å². The Morgan fingerprint density at radius 1 is 1.00 bits per heavy atom. The number of aromatic nitrogens is 2. The largest absolute Gasteiger partial charge is 0.399 e. The lowest BCUT2D eigenvalue weighted by Gasteiger charge is -2.05. The summed E-state index contributed by atoms with van der Waals surface area (Å²) in [6.07, 6.45) is 3.23. The predicted octanol–water partition coefficient (Wildman–Crippen LogP) is 1.38. The molecule has 1 heterocycles. The van der Waals surface area contributed by atoms with Crippen LogP contribution in [0.3, 0.4) is 0 Å². The highest BCUT2D eigenvalue weighted by Crippen LogP contribution is 2.17. The first-order valence-electron chi connectivity index (χ1n) is 4.44. The molecule has 76 valence electrons. The van der Waals surface area contributed by atoms with Crippen molar-refractivity contribution in [2.24, 2.45) is 0 Å². The van der Waals surface area contributed by atoms with Crippen molar-refractivity contribution in [2.75, 3.05) is 16.8 Å². The monoisotopic (exact) mass is 201 g/mol. The predicted molar refractivity (Wildman–Crippen MR) is 60.6 cm³/mol. The van der Waals surface area contributed by atoms with E-state index in [1.807, 2.05) is 24.3 Å². The molecule has 1 aromatic carbocycles. The molecule has 1 aromatic heterocycles. The van der Waals surface area contributed by atoms with Crippen LogP contribution in [-0.4, -0.2) is 9.97 Å². The maximum atomic E-state index is 5.65. The van der Waals surface area contributed by atoms with Gasteiger partial charge in [-0.2, -0.15) is 0 Å². The first-order valence-corrected chi connectivity index (χ1v) is 4.44. The number of anilines is 4. The minimum Gasteiger partial charge on any atom is -0.399 e. The molecule has 0 fully saturated rings. The Morgan fingerprint density at radius 2 is 1.73 bits per heavy atom. The van der Waals surface area contributed by atoms with Gasteiger partial charge in [-0.3, -0.25) is 0 Å². The van der Waals surface area contributed by atoms with Crippen molar-refractivity contribution < 1.29 is 0 Å². The molecule has 0 aliphatic rings. The second-order valence-corrected chi connectivity index (χ2v) is 3.08. The van der Waals surface area contributed by atoms with Gasteiger partial charge < -0.3 is 16.8 Å². The summed E-state index contributed by atoms with van der Waals surface area (Å²) in [6, 6.07) is 7.43. The Balaban J connectivity index is 2.18. The van der Waals surface area contributed by atoms with Gasteiger partial charge >= 0.3 is 0 Å². The van der Waals surface area contributed by atoms with E-state index in [1.54, 1.807) is 12.4 Å². The van der Waals surface area contributed by atoms with Crippen LogP contribution in [0.15, 0.2) is 36.7 Å². The number of nitrogens with zero attached hydrogens (tertiary/aromatic N) is 2. The molecule has 0 aliphatic heterocycles. The highest BCUT2D eigenvalue weighted by molar-refractivity contribution is 5.62. The number of rotatable bonds is 2. The molecule has 5 heteroatoms. The van der Waals surface area contributed by atoms with Crippen molar-refractivity contribution in [3.8, 4) is 0 Å². The van der Waals surface area contributed by atoms with E-state index in [2.05, 4.69) is 15.3 Å². The Kier molecular flexibility index (Phi) is 2.37. The second-order valence-electron chi connectivity index (χ2n) is 3.08. The molecule has 0 saturated carbocycles. The summed E-state index contributed by atoms with van der Waals surface area (Å²) in [5.41, 5.74) is 13.4. The van der Waals surface area contributed by atoms with Gasteiger partial charge in [0.15, 0.2) is 0 Å². The smallest absolute Gasteiger partial charge is 0.220 e. The summed E-state index contributed by atoms with van der Waals surface area (Å²) in [4.78, 5) is 7.74. The maximum Gasteiger partial charge on any atom is 0.220 e. The standard InChI is InChI=1S/C10H11N5/c11-7-2-1-3-8(4-7)15-9-5-13-10(12)14-6-9/h1-6,15H,11H2,(H2,12,13,14). The summed E-state index contributed by atoms with van der Waals surface area (Å²) in [6.45, 7) is 0. The number of nitrogen functional groups attached to an aromatic ring is 2. The molecular weight excluding hydrogens is 190 g/mol. The van der Waals surface area contributed by atoms with Gasteiger partial charge in [-0.15, -0.1) is 0 Å². The molecule has 2 aromatic rings. The molecule has 0 bridgehead atoms. The zero-order valence-corrected chi connectivity index (χ0v) is 8.01. The Hall–Kier alpha value is -2.30. The lowest BCUT2D eigenvalue weighted by Crippen LogP contribution is -1.97. The van der Waals surface area contributed by atoms with Gasteiger partial charge in [-0.1, -0.05) is 6.07 Å². The van der Waals surface area contributed by atoms with Crippen LogP contribution in [-0.2, 0) is 0 Å². The van der Waals surface area contributed by atoms with Gasteiger partial charge in [0.1, 0.15) is 0 Å². The molecule has 0 saturated heterocycles. The van der Waals surface area contributed by atoms with Crippen LogP contribution < -0.4 is 16.8 Å². The number of nitrogens with one attached hydrogen (secondary N) is 1. The zero-order chi connectivity index (χ0) is 10.7. The van der Waals surface area contributed by atoms with E-state index in [0.717, 1.165) is 11.4 Å². The Bertz CT molecular complexity index is 452. The molecule has 15 heavy (non-hydrogen) atoms. The molecule has 0 unspecified atom stereocenters. The lowest BCUT2D eigenvalue weighted by atomic mass is 10.3. The van der Waals surface area contributed by atoms with Crippen LogP contribution >= 0.6 is 0 Å². The van der Waals surface area contributed by atoms with Crippen LogP contribution in [0.1, 0.15) is 0 Å². The van der Waals surface area contributed by atoms with Crippen molar-refractivity contribution in [1.82, 2.24) is 9.97 Å². The van der Waals surface area contributed by atoms with Gasteiger partial charge in [0, 0.05) is 11.4 Å². The fourth-order valence-corrected chi connectivity index (χ4v) is 1.19. The van der Waals surface area contributed by atoms with Crippen LogP contribution in [0, 0.1) is 0 Å². The summed E-state index contributed by atoms with van der Waals surface area (Å²) in [7, 11) is 0. The van der Waals surface area contributed by atoms with Crippen molar-refractivity contribution in [3.05, 3.63) is 36.7 Å². The third-order valence-corrected chi connectivity index (χ3v) is 1.85. The highest BCUT2D eigenvalue weighted by atomic mass is 15.0. The molecule has 0 aliphatic carbocycles. The number of hydrogen-bond acceptors (Lipinski definition) is 5. The number of nitrogens with two attached hydrogens (primary N) is 2. The fourth-order valence-electron chi connectivity index (χ4n) is 1.19. The van der Waals surface area contributed by atoms with E-state index in [0.29, 0.717) is 5.69 Å². The van der Waals surface area contributed by atoms with Crippen LogP contribution in [0.25, 0.3) is 0 Å². The van der Waals surface area contributed by atoms with E-state index in [1.165, 1.54) is 0 Å². The lowest BCUT2D eigenvalue weighted by molar-refractivity contribution is 1.18. The average Bonchev–Trinajstić information content (AvgIpc) is 2.22. The molecule has 0 amide bonds. The highest BCUT2D eigenvalue weighted by Gasteiger charge is 1.96. The van der Waals surface area contributed by atoms with E-state index in [9.17, 15) is 0 Å². The minimum atomic E-state index is 0.258. The minimum absolute atomic E-state index is 0.258. The summed E-state index contributed by atoms with van der Waals surface area (Å²) >= 11 is 0. The van der Waals surface area contributed by atoms with Crippen LogP contribution in [0.5, 0.6) is 0 Å². The number of hydrogen-bond donors (Lipinski definition) is 3. The molecule has 5 N–H and O–H groups in total.